The second-order valence-electron chi connectivity index (χ2n) is 7.55. The van der Waals surface area contributed by atoms with Crippen molar-refractivity contribution >= 4 is 11.8 Å². The molecule has 1 saturated heterocycles. The summed E-state index contributed by atoms with van der Waals surface area (Å²) < 4.78 is 0. The molecule has 0 aromatic rings. The molecule has 132 valence electrons. The van der Waals surface area contributed by atoms with Crippen molar-refractivity contribution in [2.45, 2.75) is 77.3 Å². The summed E-state index contributed by atoms with van der Waals surface area (Å²) in [5.41, 5.74) is 5.84. The molecular formula is C18H33N3O2. The number of amides is 2. The van der Waals surface area contributed by atoms with E-state index in [1.54, 1.807) is 6.92 Å². The Morgan fingerprint density at radius 3 is 2.57 bits per heavy atom. The summed E-state index contributed by atoms with van der Waals surface area (Å²) in [5, 5.41) is 2.91. The molecule has 5 nitrogen and oxygen atoms in total. The summed E-state index contributed by atoms with van der Waals surface area (Å²) in [4.78, 5) is 26.7. The first-order chi connectivity index (χ1) is 11.0. The summed E-state index contributed by atoms with van der Waals surface area (Å²) in [5.74, 6) is 1.15. The van der Waals surface area contributed by atoms with Crippen LogP contribution in [0.5, 0.6) is 0 Å². The van der Waals surface area contributed by atoms with Crippen molar-refractivity contribution < 1.29 is 9.59 Å². The molecule has 0 aromatic carbocycles. The van der Waals surface area contributed by atoms with E-state index in [4.69, 9.17) is 5.73 Å². The average Bonchev–Trinajstić information content (AvgIpc) is 2.54. The van der Waals surface area contributed by atoms with E-state index < -0.39 is 6.04 Å². The Bertz CT molecular complexity index is 407. The Kier molecular flexibility index (Phi) is 6.88. The number of hydrogen-bond acceptors (Lipinski definition) is 3. The van der Waals surface area contributed by atoms with Gasteiger partial charge in [0.05, 0.1) is 0 Å². The fourth-order valence-electron chi connectivity index (χ4n) is 4.03. The lowest BCUT2D eigenvalue weighted by molar-refractivity contribution is -0.139. The molecule has 1 saturated carbocycles. The molecule has 0 radical (unpaired) electrons. The van der Waals surface area contributed by atoms with Crippen LogP contribution >= 0.6 is 0 Å². The highest BCUT2D eigenvalue weighted by Crippen LogP contribution is 2.26. The largest absolute Gasteiger partial charge is 0.345 e. The van der Waals surface area contributed by atoms with Gasteiger partial charge >= 0.3 is 0 Å². The first-order valence-electron chi connectivity index (χ1n) is 9.31. The number of hydrogen-bond donors (Lipinski definition) is 2. The fourth-order valence-corrected chi connectivity index (χ4v) is 4.03. The summed E-state index contributed by atoms with van der Waals surface area (Å²) >= 11 is 0. The van der Waals surface area contributed by atoms with Crippen molar-refractivity contribution in [2.75, 3.05) is 13.1 Å². The smallest absolute Gasteiger partial charge is 0.245 e. The van der Waals surface area contributed by atoms with Crippen LogP contribution < -0.4 is 11.1 Å². The highest BCUT2D eigenvalue weighted by Gasteiger charge is 2.32. The van der Waals surface area contributed by atoms with E-state index in [-0.39, 0.29) is 17.9 Å². The minimum atomic E-state index is -0.450. The van der Waals surface area contributed by atoms with Gasteiger partial charge in [-0.15, -0.1) is 0 Å². The molecule has 5 heteroatoms. The minimum absolute atomic E-state index is 0.0179. The maximum atomic E-state index is 12.7. The molecule has 0 spiro atoms. The third-order valence-electron chi connectivity index (χ3n) is 5.48. The Morgan fingerprint density at radius 2 is 1.91 bits per heavy atom. The van der Waals surface area contributed by atoms with Crippen LogP contribution in [0.4, 0.5) is 0 Å². The molecule has 3 N–H and O–H groups in total. The van der Waals surface area contributed by atoms with Gasteiger partial charge in [0.15, 0.2) is 0 Å². The molecule has 0 aromatic heterocycles. The SMILES string of the molecule is CC1CCN(C(=O)C(C)NC(=O)CC2CCCCC2)C(CN)C1. The predicted octanol–water partition coefficient (Wildman–Crippen LogP) is 2.05. The highest BCUT2D eigenvalue weighted by atomic mass is 16.2. The molecule has 3 unspecified atom stereocenters. The zero-order valence-electron chi connectivity index (χ0n) is 14.7. The zero-order chi connectivity index (χ0) is 16.8. The van der Waals surface area contributed by atoms with Crippen molar-refractivity contribution in [1.82, 2.24) is 10.2 Å². The van der Waals surface area contributed by atoms with Crippen LogP contribution in [0.2, 0.25) is 0 Å². The first-order valence-corrected chi connectivity index (χ1v) is 9.31. The van der Waals surface area contributed by atoms with Crippen molar-refractivity contribution in [2.24, 2.45) is 17.6 Å². The van der Waals surface area contributed by atoms with Gasteiger partial charge < -0.3 is 16.0 Å². The van der Waals surface area contributed by atoms with Crippen molar-refractivity contribution in [3.63, 3.8) is 0 Å². The Balaban J connectivity index is 1.82. The topological polar surface area (TPSA) is 75.4 Å². The maximum Gasteiger partial charge on any atom is 0.245 e. The van der Waals surface area contributed by atoms with Gasteiger partial charge in [-0.05, 0) is 44.4 Å². The molecule has 23 heavy (non-hydrogen) atoms. The molecule has 1 aliphatic carbocycles. The lowest BCUT2D eigenvalue weighted by atomic mass is 9.87. The summed E-state index contributed by atoms with van der Waals surface area (Å²) in [6, 6.07) is -0.336. The monoisotopic (exact) mass is 323 g/mol. The van der Waals surface area contributed by atoms with Gasteiger partial charge in [0.25, 0.3) is 0 Å². The van der Waals surface area contributed by atoms with E-state index in [1.807, 2.05) is 4.90 Å². The number of likely N-dealkylation sites (tertiary alicyclic amines) is 1. The minimum Gasteiger partial charge on any atom is -0.345 e. The molecule has 0 bridgehead atoms. The average molecular weight is 323 g/mol. The van der Waals surface area contributed by atoms with E-state index in [1.165, 1.54) is 19.3 Å². The van der Waals surface area contributed by atoms with Crippen LogP contribution in [0.25, 0.3) is 0 Å². The first kappa shape index (κ1) is 18.2. The number of nitrogens with zero attached hydrogens (tertiary/aromatic N) is 1. The number of carbonyl (C=O) groups is 2. The molecule has 1 aliphatic heterocycles. The van der Waals surface area contributed by atoms with Gasteiger partial charge in [-0.3, -0.25) is 9.59 Å². The molecule has 1 heterocycles. The van der Waals surface area contributed by atoms with Gasteiger partial charge in [-0.1, -0.05) is 26.2 Å². The fraction of sp³-hybridized carbons (Fsp3) is 0.889. The van der Waals surface area contributed by atoms with Crippen LogP contribution in [-0.2, 0) is 9.59 Å². The Morgan fingerprint density at radius 1 is 1.22 bits per heavy atom. The van der Waals surface area contributed by atoms with Gasteiger partial charge in [-0.2, -0.15) is 0 Å². The maximum absolute atomic E-state index is 12.7. The van der Waals surface area contributed by atoms with E-state index >= 15 is 0 Å². The van der Waals surface area contributed by atoms with E-state index in [9.17, 15) is 9.59 Å². The Hall–Kier alpha value is -1.10. The number of nitrogens with two attached hydrogens (primary N) is 1. The van der Waals surface area contributed by atoms with E-state index in [2.05, 4.69) is 12.2 Å². The van der Waals surface area contributed by atoms with E-state index in [0.717, 1.165) is 32.2 Å². The predicted molar refractivity (Wildman–Crippen MR) is 91.8 cm³/mol. The molecular weight excluding hydrogens is 290 g/mol. The van der Waals surface area contributed by atoms with Crippen molar-refractivity contribution in [3.05, 3.63) is 0 Å². The van der Waals surface area contributed by atoms with Crippen LogP contribution in [0.15, 0.2) is 0 Å². The number of piperidine rings is 1. The molecule has 2 amide bonds. The normalized spacial score (nSPS) is 27.5. The molecule has 2 aliphatic rings. The van der Waals surface area contributed by atoms with Gasteiger partial charge in [-0.25, -0.2) is 0 Å². The lowest BCUT2D eigenvalue weighted by Gasteiger charge is -2.39. The number of carbonyl (C=O) groups excluding carboxylic acids is 2. The third-order valence-corrected chi connectivity index (χ3v) is 5.48. The standard InChI is InChI=1S/C18H33N3O2/c1-13-8-9-21(16(10-13)12-19)18(23)14(2)20-17(22)11-15-6-4-3-5-7-15/h13-16H,3-12,19H2,1-2H3,(H,20,22). The van der Waals surface area contributed by atoms with E-state index in [0.29, 0.717) is 24.8 Å². The molecule has 2 rings (SSSR count). The van der Waals surface area contributed by atoms with Crippen molar-refractivity contribution in [3.8, 4) is 0 Å². The quantitative estimate of drug-likeness (QED) is 0.813. The zero-order valence-corrected chi connectivity index (χ0v) is 14.7. The molecule has 3 atom stereocenters. The van der Waals surface area contributed by atoms with Crippen LogP contribution in [-0.4, -0.2) is 41.9 Å². The van der Waals surface area contributed by atoms with Gasteiger partial charge in [0.2, 0.25) is 11.8 Å². The van der Waals surface area contributed by atoms with Crippen LogP contribution in [0.1, 0.15) is 65.2 Å². The van der Waals surface area contributed by atoms with Crippen molar-refractivity contribution in [1.29, 1.82) is 0 Å². The second-order valence-corrected chi connectivity index (χ2v) is 7.55. The second kappa shape index (κ2) is 8.67. The number of rotatable bonds is 5. The third kappa shape index (κ3) is 5.20. The number of nitrogens with one attached hydrogen (secondary N) is 1. The highest BCUT2D eigenvalue weighted by molar-refractivity contribution is 5.87. The van der Waals surface area contributed by atoms with Gasteiger partial charge in [0, 0.05) is 25.6 Å². The van der Waals surface area contributed by atoms with Crippen LogP contribution in [0, 0.1) is 11.8 Å². The Labute approximate surface area is 140 Å². The summed E-state index contributed by atoms with van der Waals surface area (Å²) in [6.07, 6.45) is 8.60. The summed E-state index contributed by atoms with van der Waals surface area (Å²) in [6.45, 7) is 5.26. The summed E-state index contributed by atoms with van der Waals surface area (Å²) in [7, 11) is 0. The van der Waals surface area contributed by atoms with Crippen LogP contribution in [0.3, 0.4) is 0 Å². The molecule has 2 fully saturated rings. The lowest BCUT2D eigenvalue weighted by Crippen LogP contribution is -2.55. The van der Waals surface area contributed by atoms with Gasteiger partial charge in [0.1, 0.15) is 6.04 Å².